The molecular formula is C8H12O3. The number of carboxylic acids is 1. The Balaban J connectivity index is 1.99. The Labute approximate surface area is 65.4 Å². The summed E-state index contributed by atoms with van der Waals surface area (Å²) in [6, 6.07) is 0. The van der Waals surface area contributed by atoms with E-state index in [9.17, 15) is 4.79 Å². The highest BCUT2D eigenvalue weighted by atomic mass is 16.6. The van der Waals surface area contributed by atoms with Crippen molar-refractivity contribution in [2.24, 2.45) is 0 Å². The van der Waals surface area contributed by atoms with Crippen LogP contribution < -0.4 is 0 Å². The highest BCUT2D eigenvalue weighted by molar-refractivity contribution is 5.77. The largest absolute Gasteiger partial charge is 0.479 e. The molecule has 1 N–H and O–H groups in total. The number of hydrogen-bond donors (Lipinski definition) is 1. The third-order valence-corrected chi connectivity index (χ3v) is 2.70. The molecule has 1 saturated heterocycles. The maximum absolute atomic E-state index is 10.5. The first-order chi connectivity index (χ1) is 5.25. The molecule has 0 aromatic heterocycles. The van der Waals surface area contributed by atoms with Crippen molar-refractivity contribution in [3.8, 4) is 0 Å². The van der Waals surface area contributed by atoms with Gasteiger partial charge in [0.25, 0.3) is 0 Å². The number of carboxylic acid groups (broad SMARTS) is 1. The minimum absolute atomic E-state index is 0.232. The number of rotatable bonds is 1. The average Bonchev–Trinajstić information content (AvgIpc) is 2.66. The molecule has 1 spiro atoms. The summed E-state index contributed by atoms with van der Waals surface area (Å²) in [6.07, 6.45) is 4.90. The van der Waals surface area contributed by atoms with Crippen molar-refractivity contribution in [3.63, 3.8) is 0 Å². The van der Waals surface area contributed by atoms with E-state index < -0.39 is 12.1 Å². The number of carbonyl (C=O) groups is 1. The van der Waals surface area contributed by atoms with Gasteiger partial charge < -0.3 is 9.84 Å². The lowest BCUT2D eigenvalue weighted by molar-refractivity contribution is -0.138. The van der Waals surface area contributed by atoms with Crippen LogP contribution in [0.3, 0.4) is 0 Å². The van der Waals surface area contributed by atoms with Crippen LogP contribution in [0.5, 0.6) is 0 Å². The zero-order valence-electron chi connectivity index (χ0n) is 6.38. The minimum Gasteiger partial charge on any atom is -0.479 e. The van der Waals surface area contributed by atoms with E-state index in [1.165, 1.54) is 6.42 Å². The van der Waals surface area contributed by atoms with Crippen LogP contribution in [-0.2, 0) is 9.53 Å². The quantitative estimate of drug-likeness (QED) is 0.580. The molecule has 1 saturated carbocycles. The summed E-state index contributed by atoms with van der Waals surface area (Å²) >= 11 is 0. The fourth-order valence-corrected chi connectivity index (χ4v) is 2.01. The smallest absolute Gasteiger partial charge is 0.335 e. The Morgan fingerprint density at radius 3 is 2.45 bits per heavy atom. The lowest BCUT2D eigenvalue weighted by Gasteiger charge is -2.16. The molecule has 0 amide bonds. The first kappa shape index (κ1) is 7.10. The number of hydrogen-bond acceptors (Lipinski definition) is 2. The predicted molar refractivity (Wildman–Crippen MR) is 38.3 cm³/mol. The molecule has 2 fully saturated rings. The number of epoxide rings is 1. The lowest BCUT2D eigenvalue weighted by Crippen LogP contribution is -2.23. The average molecular weight is 156 g/mol. The molecule has 1 atom stereocenters. The maximum Gasteiger partial charge on any atom is 0.335 e. The normalized spacial score (nSPS) is 33.6. The van der Waals surface area contributed by atoms with Gasteiger partial charge in [-0.05, 0) is 12.8 Å². The van der Waals surface area contributed by atoms with Gasteiger partial charge in [-0.3, -0.25) is 0 Å². The van der Waals surface area contributed by atoms with Crippen molar-refractivity contribution in [3.05, 3.63) is 0 Å². The van der Waals surface area contributed by atoms with E-state index >= 15 is 0 Å². The molecule has 1 heterocycles. The zero-order chi connectivity index (χ0) is 7.90. The van der Waals surface area contributed by atoms with E-state index in [4.69, 9.17) is 9.84 Å². The van der Waals surface area contributed by atoms with Gasteiger partial charge in [0.15, 0.2) is 6.10 Å². The molecule has 2 aliphatic rings. The molecule has 11 heavy (non-hydrogen) atoms. The molecule has 3 nitrogen and oxygen atoms in total. The molecule has 1 aliphatic carbocycles. The van der Waals surface area contributed by atoms with Gasteiger partial charge in [-0.1, -0.05) is 19.3 Å². The Kier molecular flexibility index (Phi) is 1.42. The molecule has 0 aromatic rings. The zero-order valence-corrected chi connectivity index (χ0v) is 6.38. The fraction of sp³-hybridized carbons (Fsp3) is 0.875. The van der Waals surface area contributed by atoms with E-state index in [0.717, 1.165) is 25.7 Å². The molecule has 2 rings (SSSR count). The fourth-order valence-electron chi connectivity index (χ4n) is 2.01. The van der Waals surface area contributed by atoms with Gasteiger partial charge in [-0.2, -0.15) is 0 Å². The van der Waals surface area contributed by atoms with Crippen LogP contribution >= 0.6 is 0 Å². The Bertz CT molecular complexity index is 182. The van der Waals surface area contributed by atoms with E-state index in [1.807, 2.05) is 0 Å². The van der Waals surface area contributed by atoms with E-state index in [2.05, 4.69) is 0 Å². The van der Waals surface area contributed by atoms with Crippen LogP contribution in [0, 0.1) is 0 Å². The lowest BCUT2D eigenvalue weighted by atomic mass is 9.86. The second kappa shape index (κ2) is 2.21. The second-order valence-corrected chi connectivity index (χ2v) is 3.46. The third-order valence-electron chi connectivity index (χ3n) is 2.70. The van der Waals surface area contributed by atoms with Crippen LogP contribution in [0.2, 0.25) is 0 Å². The first-order valence-corrected chi connectivity index (χ1v) is 4.15. The highest BCUT2D eigenvalue weighted by Gasteiger charge is 2.60. The second-order valence-electron chi connectivity index (χ2n) is 3.46. The summed E-state index contributed by atoms with van der Waals surface area (Å²) in [5.41, 5.74) is -0.232. The van der Waals surface area contributed by atoms with Gasteiger partial charge in [0, 0.05) is 0 Å². The van der Waals surface area contributed by atoms with Gasteiger partial charge in [-0.25, -0.2) is 4.79 Å². The van der Waals surface area contributed by atoms with Gasteiger partial charge >= 0.3 is 5.97 Å². The van der Waals surface area contributed by atoms with Crippen molar-refractivity contribution >= 4 is 5.97 Å². The van der Waals surface area contributed by atoms with Gasteiger partial charge in [-0.15, -0.1) is 0 Å². The Morgan fingerprint density at radius 1 is 1.36 bits per heavy atom. The molecule has 3 heteroatoms. The Morgan fingerprint density at radius 2 is 2.00 bits per heavy atom. The van der Waals surface area contributed by atoms with E-state index in [1.54, 1.807) is 0 Å². The topological polar surface area (TPSA) is 49.8 Å². The summed E-state index contributed by atoms with van der Waals surface area (Å²) in [4.78, 5) is 10.5. The first-order valence-electron chi connectivity index (χ1n) is 4.15. The molecule has 62 valence electrons. The summed E-state index contributed by atoms with van der Waals surface area (Å²) in [5.74, 6) is -0.785. The maximum atomic E-state index is 10.5. The molecule has 1 aliphatic heterocycles. The SMILES string of the molecule is O=C(O)[C@H]1OC12CCCCC2. The summed E-state index contributed by atoms with van der Waals surface area (Å²) < 4.78 is 5.21. The van der Waals surface area contributed by atoms with Crippen molar-refractivity contribution in [1.29, 1.82) is 0 Å². The molecular weight excluding hydrogens is 144 g/mol. The summed E-state index contributed by atoms with van der Waals surface area (Å²) in [5, 5.41) is 8.65. The Hall–Kier alpha value is -0.570. The van der Waals surface area contributed by atoms with Gasteiger partial charge in [0.1, 0.15) is 5.60 Å². The molecule has 0 unspecified atom stereocenters. The van der Waals surface area contributed by atoms with Crippen molar-refractivity contribution in [2.75, 3.05) is 0 Å². The third kappa shape index (κ3) is 1.03. The van der Waals surface area contributed by atoms with Gasteiger partial charge in [0.05, 0.1) is 0 Å². The summed E-state index contributed by atoms with van der Waals surface area (Å²) in [7, 11) is 0. The van der Waals surface area contributed by atoms with E-state index in [0.29, 0.717) is 0 Å². The van der Waals surface area contributed by atoms with Crippen LogP contribution in [-0.4, -0.2) is 22.8 Å². The molecule has 0 bridgehead atoms. The van der Waals surface area contributed by atoms with Crippen molar-refractivity contribution in [1.82, 2.24) is 0 Å². The monoisotopic (exact) mass is 156 g/mol. The van der Waals surface area contributed by atoms with E-state index in [-0.39, 0.29) is 5.60 Å². The predicted octanol–water partition coefficient (Wildman–Crippen LogP) is 1.17. The molecule has 0 radical (unpaired) electrons. The van der Waals surface area contributed by atoms with Crippen LogP contribution in [0.1, 0.15) is 32.1 Å². The highest BCUT2D eigenvalue weighted by Crippen LogP contribution is 2.48. The summed E-state index contributed by atoms with van der Waals surface area (Å²) in [6.45, 7) is 0. The van der Waals surface area contributed by atoms with Crippen LogP contribution in [0.4, 0.5) is 0 Å². The van der Waals surface area contributed by atoms with Crippen molar-refractivity contribution < 1.29 is 14.6 Å². The minimum atomic E-state index is -0.785. The standard InChI is InChI=1S/C8H12O3/c9-7(10)6-8(11-6)4-2-1-3-5-8/h6H,1-5H2,(H,9,10)/t6-/m1/s1. The molecule has 0 aromatic carbocycles. The van der Waals surface area contributed by atoms with Crippen LogP contribution in [0.15, 0.2) is 0 Å². The van der Waals surface area contributed by atoms with Crippen molar-refractivity contribution in [2.45, 2.75) is 43.8 Å². The van der Waals surface area contributed by atoms with Gasteiger partial charge in [0.2, 0.25) is 0 Å². The van der Waals surface area contributed by atoms with Crippen LogP contribution in [0.25, 0.3) is 0 Å². The number of ether oxygens (including phenoxy) is 1. The number of aliphatic carboxylic acids is 1.